The number of fused-ring (bicyclic) bond motifs is 1. The third-order valence-corrected chi connectivity index (χ3v) is 7.31. The second kappa shape index (κ2) is 10.6. The highest BCUT2D eigenvalue weighted by molar-refractivity contribution is 5.80. The number of rotatable bonds is 6. The van der Waals surface area contributed by atoms with E-state index in [1.807, 2.05) is 64.1 Å². The van der Waals surface area contributed by atoms with Crippen molar-refractivity contribution in [1.29, 1.82) is 0 Å². The highest BCUT2D eigenvalue weighted by atomic mass is 16.2. The number of amides is 1. The third-order valence-electron chi connectivity index (χ3n) is 7.31. The predicted octanol–water partition coefficient (Wildman–Crippen LogP) is 3.22. The molecule has 0 unspecified atom stereocenters. The summed E-state index contributed by atoms with van der Waals surface area (Å²) < 4.78 is 1.82. The van der Waals surface area contributed by atoms with Crippen molar-refractivity contribution in [1.82, 2.24) is 19.4 Å². The number of nitrogens with zero attached hydrogens (tertiary/aromatic N) is 5. The molecule has 2 aliphatic rings. The molecule has 3 aromatic rings. The molecule has 1 aromatic heterocycles. The number of para-hydroxylation sites is 2. The van der Waals surface area contributed by atoms with E-state index in [-0.39, 0.29) is 17.4 Å². The van der Waals surface area contributed by atoms with E-state index in [0.717, 1.165) is 75.1 Å². The molecular formula is C28H35N5O2. The van der Waals surface area contributed by atoms with Gasteiger partial charge in [0.15, 0.2) is 5.82 Å². The molecule has 2 aromatic carbocycles. The highest BCUT2D eigenvalue weighted by Gasteiger charge is 2.32. The van der Waals surface area contributed by atoms with E-state index in [1.54, 1.807) is 0 Å². The van der Waals surface area contributed by atoms with Crippen molar-refractivity contribution in [3.8, 4) is 0 Å². The fraction of sp³-hybridized carbons (Fsp3) is 0.464. The minimum Gasteiger partial charge on any atom is -0.351 e. The Kier molecular flexibility index (Phi) is 7.13. The molecule has 2 saturated heterocycles. The maximum atomic E-state index is 13.7. The summed E-state index contributed by atoms with van der Waals surface area (Å²) in [5.41, 5.74) is 2.62. The Morgan fingerprint density at radius 1 is 0.971 bits per heavy atom. The normalized spacial score (nSPS) is 19.3. The first-order valence-electron chi connectivity index (χ1n) is 12.9. The van der Waals surface area contributed by atoms with Crippen molar-refractivity contribution in [3.05, 3.63) is 70.5 Å². The molecule has 0 saturated carbocycles. The minimum absolute atomic E-state index is 0.0864. The van der Waals surface area contributed by atoms with E-state index in [0.29, 0.717) is 18.9 Å². The zero-order valence-corrected chi connectivity index (χ0v) is 20.6. The minimum atomic E-state index is -0.0890. The van der Waals surface area contributed by atoms with Crippen LogP contribution in [0.1, 0.15) is 31.7 Å². The van der Waals surface area contributed by atoms with Gasteiger partial charge in [0, 0.05) is 39.3 Å². The lowest BCUT2D eigenvalue weighted by atomic mass is 9.96. The molecular weight excluding hydrogens is 438 g/mol. The SMILES string of the molecule is CCCN1CCN(C(=O)[C@@H]2CCCN(c3nc4ccccc4n(Cc4ccccc4)c3=O)C2)CC1. The number of piperazine rings is 1. The second-order valence-electron chi connectivity index (χ2n) is 9.75. The molecule has 35 heavy (non-hydrogen) atoms. The van der Waals surface area contributed by atoms with Crippen LogP contribution in [0.3, 0.4) is 0 Å². The molecule has 2 fully saturated rings. The van der Waals surface area contributed by atoms with Gasteiger partial charge in [-0.2, -0.15) is 0 Å². The first kappa shape index (κ1) is 23.5. The van der Waals surface area contributed by atoms with Crippen LogP contribution in [0.25, 0.3) is 11.0 Å². The van der Waals surface area contributed by atoms with Gasteiger partial charge in [-0.1, -0.05) is 49.4 Å². The zero-order valence-electron chi connectivity index (χ0n) is 20.6. The molecule has 0 aliphatic carbocycles. The third kappa shape index (κ3) is 5.10. The van der Waals surface area contributed by atoms with Crippen LogP contribution in [-0.4, -0.2) is 71.1 Å². The van der Waals surface area contributed by atoms with Gasteiger partial charge in [-0.3, -0.25) is 19.1 Å². The molecule has 1 atom stereocenters. The lowest BCUT2D eigenvalue weighted by molar-refractivity contribution is -0.137. The number of hydrogen-bond acceptors (Lipinski definition) is 5. The van der Waals surface area contributed by atoms with Gasteiger partial charge in [0.1, 0.15) is 0 Å². The summed E-state index contributed by atoms with van der Waals surface area (Å²) in [4.78, 5) is 38.4. The molecule has 7 nitrogen and oxygen atoms in total. The molecule has 184 valence electrons. The van der Waals surface area contributed by atoms with Crippen molar-refractivity contribution < 1.29 is 4.79 Å². The van der Waals surface area contributed by atoms with Crippen LogP contribution in [0.5, 0.6) is 0 Å². The van der Waals surface area contributed by atoms with Gasteiger partial charge in [0.25, 0.3) is 5.56 Å². The summed E-state index contributed by atoms with van der Waals surface area (Å²) in [5, 5.41) is 0. The lowest BCUT2D eigenvalue weighted by Gasteiger charge is -2.39. The zero-order chi connectivity index (χ0) is 24.2. The van der Waals surface area contributed by atoms with Gasteiger partial charge >= 0.3 is 0 Å². The average Bonchev–Trinajstić information content (AvgIpc) is 2.91. The first-order valence-corrected chi connectivity index (χ1v) is 12.9. The number of benzene rings is 2. The summed E-state index contributed by atoms with van der Waals surface area (Å²) >= 11 is 0. The van der Waals surface area contributed by atoms with Gasteiger partial charge in [0.2, 0.25) is 5.91 Å². The molecule has 0 radical (unpaired) electrons. The maximum Gasteiger partial charge on any atom is 0.294 e. The standard InChI is InChI=1S/C28H35N5O2/c1-2-14-30-16-18-31(19-17-30)27(34)23-11-8-15-32(21-23)26-28(35)33(20-22-9-4-3-5-10-22)25-13-7-6-12-24(25)29-26/h3-7,9-10,12-13,23H,2,8,11,14-21H2,1H3/t23-/m1/s1. The van der Waals surface area contributed by atoms with Crippen molar-refractivity contribution in [2.45, 2.75) is 32.7 Å². The molecule has 1 amide bonds. The van der Waals surface area contributed by atoms with Gasteiger partial charge in [-0.15, -0.1) is 0 Å². The van der Waals surface area contributed by atoms with Crippen LogP contribution < -0.4 is 10.5 Å². The monoisotopic (exact) mass is 473 g/mol. The fourth-order valence-electron chi connectivity index (χ4n) is 5.45. The van der Waals surface area contributed by atoms with Gasteiger partial charge < -0.3 is 9.80 Å². The van der Waals surface area contributed by atoms with Crippen molar-refractivity contribution in [3.63, 3.8) is 0 Å². The molecule has 0 bridgehead atoms. The topological polar surface area (TPSA) is 61.7 Å². The van der Waals surface area contributed by atoms with Crippen LogP contribution in [0, 0.1) is 5.92 Å². The van der Waals surface area contributed by atoms with Gasteiger partial charge in [-0.05, 0) is 43.5 Å². The van der Waals surface area contributed by atoms with Gasteiger partial charge in [-0.25, -0.2) is 4.98 Å². The Hall–Kier alpha value is -3.19. The smallest absolute Gasteiger partial charge is 0.294 e. The summed E-state index contributed by atoms with van der Waals surface area (Å²) in [6, 6.07) is 17.9. The van der Waals surface area contributed by atoms with Crippen LogP contribution in [-0.2, 0) is 11.3 Å². The highest BCUT2D eigenvalue weighted by Crippen LogP contribution is 2.24. The fourth-order valence-corrected chi connectivity index (χ4v) is 5.45. The number of hydrogen-bond donors (Lipinski definition) is 0. The number of piperidine rings is 1. The molecule has 7 heteroatoms. The molecule has 0 N–H and O–H groups in total. The van der Waals surface area contributed by atoms with Crippen molar-refractivity contribution in [2.75, 3.05) is 50.7 Å². The Morgan fingerprint density at radius 2 is 1.71 bits per heavy atom. The number of carbonyl (C=O) groups excluding carboxylic acids is 1. The predicted molar refractivity (Wildman–Crippen MR) is 140 cm³/mol. The molecule has 3 heterocycles. The lowest BCUT2D eigenvalue weighted by Crippen LogP contribution is -2.53. The van der Waals surface area contributed by atoms with E-state index >= 15 is 0 Å². The Balaban J connectivity index is 1.38. The number of aromatic nitrogens is 2. The maximum absolute atomic E-state index is 13.7. The van der Waals surface area contributed by atoms with Crippen LogP contribution in [0.15, 0.2) is 59.4 Å². The van der Waals surface area contributed by atoms with Gasteiger partial charge in [0.05, 0.1) is 23.5 Å². The van der Waals surface area contributed by atoms with Crippen LogP contribution in [0.2, 0.25) is 0 Å². The van der Waals surface area contributed by atoms with E-state index in [9.17, 15) is 9.59 Å². The van der Waals surface area contributed by atoms with E-state index in [4.69, 9.17) is 4.98 Å². The second-order valence-corrected chi connectivity index (χ2v) is 9.75. The van der Waals surface area contributed by atoms with Crippen molar-refractivity contribution >= 4 is 22.8 Å². The summed E-state index contributed by atoms with van der Waals surface area (Å²) in [7, 11) is 0. The van der Waals surface area contributed by atoms with Crippen molar-refractivity contribution in [2.24, 2.45) is 5.92 Å². The largest absolute Gasteiger partial charge is 0.351 e. The summed E-state index contributed by atoms with van der Waals surface area (Å²) in [5.74, 6) is 0.609. The Morgan fingerprint density at radius 3 is 2.49 bits per heavy atom. The number of anilines is 1. The molecule has 0 spiro atoms. The Labute approximate surface area is 207 Å². The Bertz CT molecular complexity index is 1220. The van der Waals surface area contributed by atoms with Crippen LogP contribution >= 0.6 is 0 Å². The van der Waals surface area contributed by atoms with Crippen LogP contribution in [0.4, 0.5) is 5.82 Å². The summed E-state index contributed by atoms with van der Waals surface area (Å²) in [6.07, 6.45) is 2.90. The molecule has 2 aliphatic heterocycles. The van der Waals surface area contributed by atoms with E-state index < -0.39 is 0 Å². The quantitative estimate of drug-likeness (QED) is 0.550. The van der Waals surface area contributed by atoms with E-state index in [2.05, 4.69) is 16.7 Å². The summed E-state index contributed by atoms with van der Waals surface area (Å²) in [6.45, 7) is 8.60. The average molecular weight is 474 g/mol. The number of carbonyl (C=O) groups is 1. The van der Waals surface area contributed by atoms with E-state index in [1.165, 1.54) is 0 Å². The first-order chi connectivity index (χ1) is 17.1. The molecule has 5 rings (SSSR count).